The molecule has 2 aliphatic rings. The number of ether oxygens (including phenoxy) is 6. The number of benzene rings is 2. The van der Waals surface area contributed by atoms with Gasteiger partial charge in [-0.25, -0.2) is 9.59 Å². The van der Waals surface area contributed by atoms with Crippen LogP contribution in [0.1, 0.15) is 44.7 Å². The van der Waals surface area contributed by atoms with Gasteiger partial charge < -0.3 is 38.8 Å². The maximum Gasteiger partial charge on any atom is 0.407 e. The van der Waals surface area contributed by atoms with E-state index < -0.39 is 73.3 Å². The van der Waals surface area contributed by atoms with Crippen LogP contribution in [0.15, 0.2) is 48.5 Å². The second-order valence-corrected chi connectivity index (χ2v) is 10.1. The Hall–Kier alpha value is -4.49. The van der Waals surface area contributed by atoms with Crippen LogP contribution in [0.2, 0.25) is 0 Å². The fraction of sp³-hybridized carbons (Fsp3) is 0.433. The van der Waals surface area contributed by atoms with Gasteiger partial charge in [-0.2, -0.15) is 0 Å². The van der Waals surface area contributed by atoms with E-state index in [0.717, 1.165) is 43.0 Å². The van der Waals surface area contributed by atoms with Crippen LogP contribution in [0.4, 0.5) is 4.79 Å². The molecule has 1 amide bonds. The lowest BCUT2D eigenvalue weighted by atomic mass is 9.98. The van der Waals surface area contributed by atoms with E-state index in [1.807, 2.05) is 48.5 Å². The van der Waals surface area contributed by atoms with Crippen molar-refractivity contribution in [3.05, 3.63) is 59.7 Å². The average Bonchev–Trinajstić information content (AvgIpc) is 3.26. The number of rotatable bonds is 10. The summed E-state index contributed by atoms with van der Waals surface area (Å²) in [7, 11) is 0. The predicted octanol–water partition coefficient (Wildman–Crippen LogP) is 2.53. The highest BCUT2D eigenvalue weighted by molar-refractivity contribution is 5.81. The largest absolute Gasteiger partial charge is 0.480 e. The van der Waals surface area contributed by atoms with Gasteiger partial charge in [0, 0.05) is 26.7 Å². The van der Waals surface area contributed by atoms with Crippen molar-refractivity contribution in [1.82, 2.24) is 5.32 Å². The minimum absolute atomic E-state index is 0.0353. The van der Waals surface area contributed by atoms with E-state index in [-0.39, 0.29) is 12.5 Å². The zero-order valence-corrected chi connectivity index (χ0v) is 24.0. The van der Waals surface area contributed by atoms with Crippen LogP contribution in [-0.4, -0.2) is 85.0 Å². The SMILES string of the molecule is CC(=O)O[C@H]1[C@H](OC(C)=O)[C@@H](OC[C@H](NC(=O)OCC2c3ccccc3-c3ccccc32)C(=O)O)O[C@@H](C)[C@H]1OC(C)=O. The number of fused-ring (bicyclic) bond motifs is 3. The van der Waals surface area contributed by atoms with E-state index >= 15 is 0 Å². The van der Waals surface area contributed by atoms with Crippen molar-refractivity contribution in [2.75, 3.05) is 13.2 Å². The highest BCUT2D eigenvalue weighted by Gasteiger charge is 2.51. The number of amides is 1. The molecule has 13 heteroatoms. The number of esters is 3. The fourth-order valence-corrected chi connectivity index (χ4v) is 5.25. The number of carboxylic acids is 1. The molecule has 1 aliphatic heterocycles. The Labute approximate surface area is 247 Å². The first-order valence-electron chi connectivity index (χ1n) is 13.6. The van der Waals surface area contributed by atoms with Crippen molar-refractivity contribution >= 4 is 30.0 Å². The van der Waals surface area contributed by atoms with Gasteiger partial charge in [0.2, 0.25) is 0 Å². The van der Waals surface area contributed by atoms with Gasteiger partial charge in [-0.15, -0.1) is 0 Å². The Kier molecular flexibility index (Phi) is 9.99. The zero-order valence-electron chi connectivity index (χ0n) is 24.0. The number of carbonyl (C=O) groups excluding carboxylic acids is 4. The topological polar surface area (TPSA) is 173 Å². The maximum absolute atomic E-state index is 12.7. The quantitative estimate of drug-likeness (QED) is 0.302. The highest BCUT2D eigenvalue weighted by atomic mass is 16.7. The third-order valence-corrected chi connectivity index (χ3v) is 6.99. The Morgan fingerprint density at radius 2 is 1.33 bits per heavy atom. The molecule has 1 fully saturated rings. The standard InChI is InChI=1S/C30H33NO12/c1-15-25(41-16(2)32)26(42-17(3)33)27(43-18(4)34)29(40-15)38-14-24(28(35)36)31-30(37)39-13-23-21-11-7-5-9-19(21)20-10-6-8-12-22(20)23/h5-12,15,23-27,29H,13-14H2,1-4H3,(H,31,37)(H,35,36)/t15-,24-,25+,26+,27-,29-/m0/s1. The van der Waals surface area contributed by atoms with Crippen LogP contribution in [0.5, 0.6) is 0 Å². The average molecular weight is 600 g/mol. The van der Waals surface area contributed by atoms with Crippen LogP contribution >= 0.6 is 0 Å². The molecule has 0 radical (unpaired) electrons. The molecule has 43 heavy (non-hydrogen) atoms. The Morgan fingerprint density at radius 3 is 1.86 bits per heavy atom. The second kappa shape index (κ2) is 13.7. The maximum atomic E-state index is 12.7. The highest BCUT2D eigenvalue weighted by Crippen LogP contribution is 2.44. The molecule has 0 unspecified atom stereocenters. The number of carboxylic acid groups (broad SMARTS) is 1. The van der Waals surface area contributed by atoms with E-state index in [4.69, 9.17) is 28.4 Å². The lowest BCUT2D eigenvalue weighted by molar-refractivity contribution is -0.301. The summed E-state index contributed by atoms with van der Waals surface area (Å²) in [6.45, 7) is 4.19. The molecular formula is C30H33NO12. The number of carbonyl (C=O) groups is 5. The summed E-state index contributed by atoms with van der Waals surface area (Å²) in [5.41, 5.74) is 4.06. The van der Waals surface area contributed by atoms with Gasteiger partial charge in [-0.05, 0) is 29.2 Å². The Morgan fingerprint density at radius 1 is 0.814 bits per heavy atom. The molecule has 1 aliphatic carbocycles. The predicted molar refractivity (Wildman–Crippen MR) is 147 cm³/mol. The van der Waals surface area contributed by atoms with Gasteiger partial charge in [0.15, 0.2) is 30.6 Å². The van der Waals surface area contributed by atoms with Gasteiger partial charge in [0.25, 0.3) is 0 Å². The lowest BCUT2D eigenvalue weighted by Crippen LogP contribution is -2.61. The number of aliphatic carboxylic acids is 1. The number of hydrogen-bond donors (Lipinski definition) is 2. The second-order valence-electron chi connectivity index (χ2n) is 10.1. The molecule has 230 valence electrons. The van der Waals surface area contributed by atoms with Crippen LogP contribution in [-0.2, 0) is 47.6 Å². The van der Waals surface area contributed by atoms with Crippen molar-refractivity contribution in [3.8, 4) is 11.1 Å². The minimum atomic E-state index is -1.59. The first-order valence-corrected chi connectivity index (χ1v) is 13.6. The van der Waals surface area contributed by atoms with E-state index in [1.165, 1.54) is 6.92 Å². The molecule has 1 saturated heterocycles. The van der Waals surface area contributed by atoms with E-state index in [1.54, 1.807) is 0 Å². The third kappa shape index (κ3) is 7.48. The molecule has 0 bridgehead atoms. The summed E-state index contributed by atoms with van der Waals surface area (Å²) >= 11 is 0. The third-order valence-electron chi connectivity index (χ3n) is 6.99. The summed E-state index contributed by atoms with van der Waals surface area (Å²) in [5.74, 6) is -3.91. The zero-order chi connectivity index (χ0) is 31.3. The summed E-state index contributed by atoms with van der Waals surface area (Å²) in [5, 5.41) is 12.0. The van der Waals surface area contributed by atoms with Crippen LogP contribution < -0.4 is 5.32 Å². The molecule has 6 atom stereocenters. The van der Waals surface area contributed by atoms with Crippen molar-refractivity contribution in [2.45, 2.75) is 70.4 Å². The normalized spacial score (nSPS) is 23.2. The molecule has 4 rings (SSSR count). The molecule has 0 aromatic heterocycles. The lowest BCUT2D eigenvalue weighted by Gasteiger charge is -2.43. The van der Waals surface area contributed by atoms with E-state index in [2.05, 4.69) is 5.32 Å². The number of hydrogen-bond acceptors (Lipinski definition) is 11. The number of alkyl carbamates (subject to hydrolysis) is 1. The van der Waals surface area contributed by atoms with Crippen molar-refractivity contribution < 1.29 is 57.5 Å². The summed E-state index contributed by atoms with van der Waals surface area (Å²) in [4.78, 5) is 60.1. The van der Waals surface area contributed by atoms with Crippen molar-refractivity contribution in [1.29, 1.82) is 0 Å². The number of nitrogens with one attached hydrogen (secondary N) is 1. The van der Waals surface area contributed by atoms with Crippen LogP contribution in [0.3, 0.4) is 0 Å². The smallest absolute Gasteiger partial charge is 0.407 e. The summed E-state index contributed by atoms with van der Waals surface area (Å²) in [6, 6.07) is 13.9. The molecule has 0 saturated carbocycles. The first-order chi connectivity index (χ1) is 20.5. The molecule has 2 N–H and O–H groups in total. The first kappa shape index (κ1) is 31.4. The van der Waals surface area contributed by atoms with Crippen molar-refractivity contribution in [3.63, 3.8) is 0 Å². The van der Waals surface area contributed by atoms with Crippen molar-refractivity contribution in [2.24, 2.45) is 0 Å². The molecule has 0 spiro atoms. The van der Waals surface area contributed by atoms with Gasteiger partial charge in [0.1, 0.15) is 6.61 Å². The Balaban J connectivity index is 1.42. The monoisotopic (exact) mass is 599 g/mol. The van der Waals surface area contributed by atoms with Crippen LogP contribution in [0, 0.1) is 0 Å². The molecule has 13 nitrogen and oxygen atoms in total. The van der Waals surface area contributed by atoms with E-state index in [9.17, 15) is 29.1 Å². The van der Waals surface area contributed by atoms with Gasteiger partial charge in [-0.3, -0.25) is 14.4 Å². The minimum Gasteiger partial charge on any atom is -0.480 e. The molecule has 2 aromatic carbocycles. The fourth-order valence-electron chi connectivity index (χ4n) is 5.25. The summed E-state index contributed by atoms with van der Waals surface area (Å²) in [6.07, 6.45) is -7.24. The molecular weight excluding hydrogens is 566 g/mol. The van der Waals surface area contributed by atoms with E-state index in [0.29, 0.717) is 0 Å². The Bertz CT molecular complexity index is 1330. The summed E-state index contributed by atoms with van der Waals surface area (Å²) < 4.78 is 32.7. The van der Waals surface area contributed by atoms with Gasteiger partial charge in [0.05, 0.1) is 12.7 Å². The molecule has 1 heterocycles. The van der Waals surface area contributed by atoms with Crippen LogP contribution in [0.25, 0.3) is 11.1 Å². The van der Waals surface area contributed by atoms with Gasteiger partial charge >= 0.3 is 30.0 Å². The van der Waals surface area contributed by atoms with Gasteiger partial charge in [-0.1, -0.05) is 48.5 Å². The molecule has 2 aromatic rings.